The van der Waals surface area contributed by atoms with E-state index in [9.17, 15) is 13.6 Å². The normalized spacial score (nSPS) is 17.0. The number of benzene rings is 1. The number of carbonyl (C=O) groups is 1. The fourth-order valence-electron chi connectivity index (χ4n) is 3.10. The maximum absolute atomic E-state index is 14.1. The number of fused-ring (bicyclic) bond motifs is 1. The van der Waals surface area contributed by atoms with Crippen molar-refractivity contribution in [3.8, 4) is 0 Å². The Balaban J connectivity index is 1.75. The number of nitrogens with zero attached hydrogens (tertiary/aromatic N) is 4. The van der Waals surface area contributed by atoms with Crippen molar-refractivity contribution in [2.45, 2.75) is 25.9 Å². The Labute approximate surface area is 158 Å². The van der Waals surface area contributed by atoms with E-state index in [1.165, 1.54) is 11.0 Å². The molecule has 9 heteroatoms. The fraction of sp³-hybridized carbons (Fsp3) is 0.389. The number of anilines is 1. The highest BCUT2D eigenvalue weighted by molar-refractivity contribution is 7.22. The van der Waals surface area contributed by atoms with Gasteiger partial charge in [0.25, 0.3) is 5.91 Å². The van der Waals surface area contributed by atoms with Gasteiger partial charge in [0, 0.05) is 25.4 Å². The van der Waals surface area contributed by atoms with Crippen molar-refractivity contribution in [3.63, 3.8) is 0 Å². The van der Waals surface area contributed by atoms with Crippen LogP contribution in [0.1, 0.15) is 29.0 Å². The zero-order valence-electron chi connectivity index (χ0n) is 14.9. The SMILES string of the molecule is Cc1cc(C(=O)N(CC2CCCO2)c2nc3c(F)cc(F)cc3s2)nn1C. The van der Waals surface area contributed by atoms with Crippen LogP contribution in [0.3, 0.4) is 0 Å². The van der Waals surface area contributed by atoms with Gasteiger partial charge in [-0.3, -0.25) is 14.4 Å². The Bertz CT molecular complexity index is 991. The number of halogens is 2. The molecule has 0 bridgehead atoms. The predicted octanol–water partition coefficient (Wildman–Crippen LogP) is 3.44. The summed E-state index contributed by atoms with van der Waals surface area (Å²) < 4.78 is 35.2. The molecule has 27 heavy (non-hydrogen) atoms. The third-order valence-electron chi connectivity index (χ3n) is 4.62. The minimum Gasteiger partial charge on any atom is -0.376 e. The van der Waals surface area contributed by atoms with Crippen molar-refractivity contribution in [2.24, 2.45) is 7.05 Å². The first-order valence-electron chi connectivity index (χ1n) is 8.62. The van der Waals surface area contributed by atoms with Crippen LogP contribution < -0.4 is 4.90 Å². The summed E-state index contributed by atoms with van der Waals surface area (Å²) in [5.41, 5.74) is 1.17. The minimum absolute atomic E-state index is 0.0544. The monoisotopic (exact) mass is 392 g/mol. The molecule has 0 N–H and O–H groups in total. The molecule has 6 nitrogen and oxygen atoms in total. The van der Waals surface area contributed by atoms with Crippen LogP contribution in [0.15, 0.2) is 18.2 Å². The first kappa shape index (κ1) is 18.0. The first-order chi connectivity index (χ1) is 12.9. The van der Waals surface area contributed by atoms with E-state index in [0.717, 1.165) is 35.9 Å². The summed E-state index contributed by atoms with van der Waals surface area (Å²) in [5, 5.41) is 4.55. The molecule has 1 unspecified atom stereocenters. The van der Waals surface area contributed by atoms with E-state index >= 15 is 0 Å². The van der Waals surface area contributed by atoms with Crippen molar-refractivity contribution in [2.75, 3.05) is 18.1 Å². The summed E-state index contributed by atoms with van der Waals surface area (Å²) in [5.74, 6) is -1.76. The number of carbonyl (C=O) groups excluding carboxylic acids is 1. The highest BCUT2D eigenvalue weighted by atomic mass is 32.1. The van der Waals surface area contributed by atoms with Crippen LogP contribution in [0.5, 0.6) is 0 Å². The molecule has 1 fully saturated rings. The summed E-state index contributed by atoms with van der Waals surface area (Å²) in [6, 6.07) is 3.71. The van der Waals surface area contributed by atoms with Gasteiger partial charge in [-0.2, -0.15) is 5.10 Å². The van der Waals surface area contributed by atoms with Gasteiger partial charge in [-0.05, 0) is 31.9 Å². The summed E-state index contributed by atoms with van der Waals surface area (Å²) in [6.45, 7) is 2.79. The number of rotatable bonds is 4. The lowest BCUT2D eigenvalue weighted by Crippen LogP contribution is -2.37. The lowest BCUT2D eigenvalue weighted by atomic mass is 10.2. The van der Waals surface area contributed by atoms with E-state index < -0.39 is 11.6 Å². The van der Waals surface area contributed by atoms with Gasteiger partial charge in [0.1, 0.15) is 11.3 Å². The molecule has 1 aromatic carbocycles. The van der Waals surface area contributed by atoms with E-state index in [-0.39, 0.29) is 23.2 Å². The standard InChI is InChI=1S/C18H18F2N4O2S/c1-10-6-14(22-23(10)2)17(25)24(9-12-4-3-5-26-12)18-21-16-13(20)7-11(19)8-15(16)27-18/h6-8,12H,3-5,9H2,1-2H3. The summed E-state index contributed by atoms with van der Waals surface area (Å²) in [6.07, 6.45) is 1.64. The molecule has 3 aromatic rings. The fourth-order valence-corrected chi connectivity index (χ4v) is 4.12. The predicted molar refractivity (Wildman–Crippen MR) is 98.1 cm³/mol. The van der Waals surface area contributed by atoms with Gasteiger partial charge in [0.2, 0.25) is 0 Å². The Morgan fingerprint density at radius 1 is 1.41 bits per heavy atom. The Kier molecular flexibility index (Phi) is 4.65. The average molecular weight is 392 g/mol. The van der Waals surface area contributed by atoms with Crippen LogP contribution in [0, 0.1) is 18.6 Å². The molecule has 0 saturated carbocycles. The number of hydrogen-bond donors (Lipinski definition) is 0. The number of thiazole rings is 1. The number of aromatic nitrogens is 3. The quantitative estimate of drug-likeness (QED) is 0.682. The molecule has 1 atom stereocenters. The lowest BCUT2D eigenvalue weighted by Gasteiger charge is -2.22. The molecule has 0 aliphatic carbocycles. The first-order valence-corrected chi connectivity index (χ1v) is 9.43. The van der Waals surface area contributed by atoms with E-state index in [4.69, 9.17) is 4.74 Å². The minimum atomic E-state index is -0.745. The van der Waals surface area contributed by atoms with E-state index in [1.54, 1.807) is 17.8 Å². The van der Waals surface area contributed by atoms with Crippen molar-refractivity contribution < 1.29 is 18.3 Å². The third-order valence-corrected chi connectivity index (χ3v) is 5.65. The van der Waals surface area contributed by atoms with Crippen molar-refractivity contribution in [3.05, 3.63) is 41.2 Å². The smallest absolute Gasteiger partial charge is 0.280 e. The molecular weight excluding hydrogens is 374 g/mol. The second-order valence-corrected chi connectivity index (χ2v) is 7.59. The van der Waals surface area contributed by atoms with Crippen LogP contribution in [0.2, 0.25) is 0 Å². The molecular formula is C18H18F2N4O2S. The van der Waals surface area contributed by atoms with E-state index in [2.05, 4.69) is 10.1 Å². The van der Waals surface area contributed by atoms with Gasteiger partial charge in [-0.25, -0.2) is 13.8 Å². The van der Waals surface area contributed by atoms with Crippen molar-refractivity contribution >= 4 is 32.6 Å². The van der Waals surface area contributed by atoms with Gasteiger partial charge >= 0.3 is 0 Å². The largest absolute Gasteiger partial charge is 0.376 e. The van der Waals surface area contributed by atoms with E-state index in [0.29, 0.717) is 23.0 Å². The second kappa shape index (κ2) is 6.97. The van der Waals surface area contributed by atoms with Gasteiger partial charge in [-0.15, -0.1) is 0 Å². The summed E-state index contributed by atoms with van der Waals surface area (Å²) in [7, 11) is 1.76. The molecule has 2 aromatic heterocycles. The van der Waals surface area contributed by atoms with Crippen LogP contribution >= 0.6 is 11.3 Å². The second-order valence-electron chi connectivity index (χ2n) is 6.58. The molecule has 1 amide bonds. The number of amides is 1. The summed E-state index contributed by atoms with van der Waals surface area (Å²) >= 11 is 1.07. The van der Waals surface area contributed by atoms with Gasteiger partial charge in [-0.1, -0.05) is 11.3 Å². The van der Waals surface area contributed by atoms with Crippen LogP contribution in [0.4, 0.5) is 13.9 Å². The van der Waals surface area contributed by atoms with Crippen LogP contribution in [0.25, 0.3) is 10.2 Å². The van der Waals surface area contributed by atoms with Crippen LogP contribution in [-0.4, -0.2) is 39.9 Å². The number of hydrogen-bond acceptors (Lipinski definition) is 5. The molecule has 3 heterocycles. The zero-order valence-corrected chi connectivity index (χ0v) is 15.7. The molecule has 0 spiro atoms. The van der Waals surface area contributed by atoms with E-state index in [1.807, 2.05) is 6.92 Å². The van der Waals surface area contributed by atoms with Gasteiger partial charge in [0.05, 0.1) is 17.3 Å². The van der Waals surface area contributed by atoms with Crippen LogP contribution in [-0.2, 0) is 11.8 Å². The molecule has 1 aliphatic rings. The molecule has 4 rings (SSSR count). The highest BCUT2D eigenvalue weighted by Gasteiger charge is 2.29. The lowest BCUT2D eigenvalue weighted by molar-refractivity contribution is 0.0913. The summed E-state index contributed by atoms with van der Waals surface area (Å²) in [4.78, 5) is 18.8. The maximum Gasteiger partial charge on any atom is 0.280 e. The Morgan fingerprint density at radius 3 is 2.89 bits per heavy atom. The average Bonchev–Trinajstić information content (AvgIpc) is 3.33. The number of aryl methyl sites for hydroxylation is 2. The Morgan fingerprint density at radius 2 is 2.22 bits per heavy atom. The molecule has 142 valence electrons. The molecule has 0 radical (unpaired) electrons. The maximum atomic E-state index is 14.1. The van der Waals surface area contributed by atoms with Gasteiger partial charge in [0.15, 0.2) is 16.6 Å². The topological polar surface area (TPSA) is 60.3 Å². The third kappa shape index (κ3) is 3.44. The Hall–Kier alpha value is -2.39. The van der Waals surface area contributed by atoms with Crippen molar-refractivity contribution in [1.29, 1.82) is 0 Å². The highest BCUT2D eigenvalue weighted by Crippen LogP contribution is 2.32. The number of ether oxygens (including phenoxy) is 1. The van der Waals surface area contributed by atoms with Crippen molar-refractivity contribution in [1.82, 2.24) is 14.8 Å². The van der Waals surface area contributed by atoms with Gasteiger partial charge < -0.3 is 4.74 Å². The molecule has 1 aliphatic heterocycles. The molecule has 1 saturated heterocycles. The zero-order chi connectivity index (χ0) is 19.1.